The van der Waals surface area contributed by atoms with Crippen molar-refractivity contribution in [2.75, 3.05) is 39.5 Å². The molecule has 0 radical (unpaired) electrons. The molecule has 86 valence electrons. The van der Waals surface area contributed by atoms with Crippen molar-refractivity contribution in [2.45, 2.75) is 6.23 Å². The normalized spacial score (nSPS) is 13.9. The average Bonchev–Trinajstić information content (AvgIpc) is 2.19. The van der Waals surface area contributed by atoms with Gasteiger partial charge in [-0.2, -0.15) is 0 Å². The maximum Gasteiger partial charge on any atom is 0.114 e. The number of aliphatic hydroxyl groups excluding tert-OH is 5. The lowest BCUT2D eigenvalue weighted by atomic mass is 10.1. The summed E-state index contributed by atoms with van der Waals surface area (Å²) < 4.78 is 0. The summed E-state index contributed by atoms with van der Waals surface area (Å²) in [6, 6.07) is 0. The van der Waals surface area contributed by atoms with Crippen LogP contribution in [0.25, 0.3) is 0 Å². The molecule has 0 fully saturated rings. The lowest BCUT2D eigenvalue weighted by Gasteiger charge is -2.30. The SMILES string of the molecule is OCCN(CCO)C(O)C(CO)CO. The molecule has 0 heterocycles. The van der Waals surface area contributed by atoms with Gasteiger partial charge >= 0.3 is 0 Å². The first-order chi connectivity index (χ1) is 6.71. The van der Waals surface area contributed by atoms with Crippen LogP contribution in [0.2, 0.25) is 0 Å². The Bertz CT molecular complexity index is 125. The van der Waals surface area contributed by atoms with Gasteiger partial charge in [-0.3, -0.25) is 4.90 Å². The Morgan fingerprint density at radius 3 is 1.57 bits per heavy atom. The van der Waals surface area contributed by atoms with Crippen molar-refractivity contribution in [2.24, 2.45) is 5.92 Å². The molecule has 0 rings (SSSR count). The highest BCUT2D eigenvalue weighted by Crippen LogP contribution is 2.07. The number of hydrogen-bond donors (Lipinski definition) is 5. The minimum atomic E-state index is -1.05. The first kappa shape index (κ1) is 13.8. The maximum atomic E-state index is 9.61. The van der Waals surface area contributed by atoms with Gasteiger partial charge in [-0.05, 0) is 0 Å². The summed E-state index contributed by atoms with van der Waals surface area (Å²) in [5.41, 5.74) is 0. The summed E-state index contributed by atoms with van der Waals surface area (Å²) in [5, 5.41) is 44.6. The molecule has 0 aromatic rings. The molecule has 0 aromatic heterocycles. The second kappa shape index (κ2) is 8.10. The Kier molecular flexibility index (Phi) is 7.96. The van der Waals surface area contributed by atoms with E-state index in [1.54, 1.807) is 0 Å². The van der Waals surface area contributed by atoms with Crippen LogP contribution < -0.4 is 0 Å². The molecule has 0 aliphatic carbocycles. The van der Waals surface area contributed by atoms with Gasteiger partial charge in [0.05, 0.1) is 26.4 Å². The Morgan fingerprint density at radius 1 is 0.857 bits per heavy atom. The molecule has 0 saturated carbocycles. The summed E-state index contributed by atoms with van der Waals surface area (Å²) >= 11 is 0. The third-order valence-electron chi connectivity index (χ3n) is 2.04. The summed E-state index contributed by atoms with van der Waals surface area (Å²) in [5.74, 6) is -0.673. The van der Waals surface area contributed by atoms with Crippen molar-refractivity contribution in [3.63, 3.8) is 0 Å². The number of nitrogens with zero attached hydrogens (tertiary/aromatic N) is 1. The Labute approximate surface area is 83.0 Å². The van der Waals surface area contributed by atoms with Crippen LogP contribution in [0.15, 0.2) is 0 Å². The molecule has 14 heavy (non-hydrogen) atoms. The van der Waals surface area contributed by atoms with Crippen molar-refractivity contribution in [1.29, 1.82) is 0 Å². The third-order valence-corrected chi connectivity index (χ3v) is 2.04. The summed E-state index contributed by atoms with van der Waals surface area (Å²) in [7, 11) is 0. The zero-order valence-electron chi connectivity index (χ0n) is 8.08. The summed E-state index contributed by atoms with van der Waals surface area (Å²) in [6.45, 7) is -0.603. The molecule has 0 bridgehead atoms. The van der Waals surface area contributed by atoms with Crippen LogP contribution in [-0.2, 0) is 0 Å². The fourth-order valence-corrected chi connectivity index (χ4v) is 1.18. The molecule has 5 N–H and O–H groups in total. The number of hydrogen-bond acceptors (Lipinski definition) is 6. The minimum absolute atomic E-state index is 0.152. The molecule has 6 heteroatoms. The molecule has 0 saturated heterocycles. The summed E-state index contributed by atoms with van der Waals surface area (Å²) in [6.07, 6.45) is -1.05. The van der Waals surface area contributed by atoms with E-state index in [1.807, 2.05) is 0 Å². The van der Waals surface area contributed by atoms with Crippen molar-refractivity contribution >= 4 is 0 Å². The van der Waals surface area contributed by atoms with E-state index < -0.39 is 12.1 Å². The van der Waals surface area contributed by atoms with Crippen molar-refractivity contribution < 1.29 is 25.5 Å². The van der Waals surface area contributed by atoms with Gasteiger partial charge in [0.2, 0.25) is 0 Å². The van der Waals surface area contributed by atoms with Crippen molar-refractivity contribution in [3.05, 3.63) is 0 Å². The van der Waals surface area contributed by atoms with Crippen LogP contribution in [0.3, 0.4) is 0 Å². The maximum absolute atomic E-state index is 9.61. The highest BCUT2D eigenvalue weighted by Gasteiger charge is 2.23. The molecule has 6 nitrogen and oxygen atoms in total. The molecular weight excluding hydrogens is 190 g/mol. The lowest BCUT2D eigenvalue weighted by Crippen LogP contribution is -2.46. The highest BCUT2D eigenvalue weighted by atomic mass is 16.3. The predicted octanol–water partition coefficient (Wildman–Crippen LogP) is -2.81. The first-order valence-electron chi connectivity index (χ1n) is 4.56. The quantitative estimate of drug-likeness (QED) is 0.276. The van der Waals surface area contributed by atoms with E-state index in [9.17, 15) is 5.11 Å². The molecule has 0 aliphatic rings. The fraction of sp³-hybridized carbons (Fsp3) is 1.00. The van der Waals surface area contributed by atoms with Crippen LogP contribution in [0.5, 0.6) is 0 Å². The van der Waals surface area contributed by atoms with E-state index in [4.69, 9.17) is 20.4 Å². The van der Waals surface area contributed by atoms with Gasteiger partial charge in [0.1, 0.15) is 6.23 Å². The van der Waals surface area contributed by atoms with Crippen LogP contribution >= 0.6 is 0 Å². The van der Waals surface area contributed by atoms with Gasteiger partial charge in [0, 0.05) is 19.0 Å². The van der Waals surface area contributed by atoms with Crippen LogP contribution in [-0.4, -0.2) is 76.2 Å². The molecule has 0 amide bonds. The van der Waals surface area contributed by atoms with Gasteiger partial charge in [-0.1, -0.05) is 0 Å². The van der Waals surface area contributed by atoms with Crippen LogP contribution in [0.1, 0.15) is 0 Å². The minimum Gasteiger partial charge on any atom is -0.396 e. The van der Waals surface area contributed by atoms with E-state index in [0.29, 0.717) is 0 Å². The second-order valence-electron chi connectivity index (χ2n) is 3.02. The predicted molar refractivity (Wildman–Crippen MR) is 49.4 cm³/mol. The third kappa shape index (κ3) is 4.32. The van der Waals surface area contributed by atoms with E-state index in [-0.39, 0.29) is 39.5 Å². The van der Waals surface area contributed by atoms with Gasteiger partial charge in [0.25, 0.3) is 0 Å². The van der Waals surface area contributed by atoms with Crippen LogP contribution in [0, 0.1) is 5.92 Å². The number of aliphatic hydroxyl groups is 5. The first-order valence-corrected chi connectivity index (χ1v) is 4.56. The van der Waals surface area contributed by atoms with E-state index in [0.717, 1.165) is 0 Å². The lowest BCUT2D eigenvalue weighted by molar-refractivity contribution is -0.0794. The zero-order valence-corrected chi connectivity index (χ0v) is 8.08. The summed E-state index contributed by atoms with van der Waals surface area (Å²) in [4.78, 5) is 1.40. The van der Waals surface area contributed by atoms with Crippen LogP contribution in [0.4, 0.5) is 0 Å². The number of rotatable bonds is 8. The van der Waals surface area contributed by atoms with E-state index in [2.05, 4.69) is 0 Å². The Balaban J connectivity index is 4.16. The van der Waals surface area contributed by atoms with E-state index in [1.165, 1.54) is 4.90 Å². The Morgan fingerprint density at radius 2 is 1.29 bits per heavy atom. The van der Waals surface area contributed by atoms with Gasteiger partial charge in [-0.25, -0.2) is 0 Å². The largest absolute Gasteiger partial charge is 0.396 e. The van der Waals surface area contributed by atoms with Gasteiger partial charge in [0.15, 0.2) is 0 Å². The second-order valence-corrected chi connectivity index (χ2v) is 3.02. The monoisotopic (exact) mass is 209 g/mol. The molecule has 1 atom stereocenters. The average molecular weight is 209 g/mol. The van der Waals surface area contributed by atoms with Crippen molar-refractivity contribution in [3.8, 4) is 0 Å². The molecule has 0 aliphatic heterocycles. The van der Waals surface area contributed by atoms with E-state index >= 15 is 0 Å². The molecule has 0 aromatic carbocycles. The van der Waals surface area contributed by atoms with Crippen molar-refractivity contribution in [1.82, 2.24) is 4.90 Å². The smallest absolute Gasteiger partial charge is 0.114 e. The zero-order chi connectivity index (χ0) is 11.0. The molecule has 0 spiro atoms. The molecule has 1 unspecified atom stereocenters. The molecular formula is C8H19NO5. The highest BCUT2D eigenvalue weighted by molar-refractivity contribution is 4.69. The topological polar surface area (TPSA) is 104 Å². The standard InChI is InChI=1S/C8H19NO5/c10-3-1-9(2-4-11)8(14)7(5-12)6-13/h7-8,10-14H,1-6H2. The van der Waals surface area contributed by atoms with Gasteiger partial charge in [-0.15, -0.1) is 0 Å². The van der Waals surface area contributed by atoms with Gasteiger partial charge < -0.3 is 25.5 Å². The Hall–Kier alpha value is -0.240. The fourth-order valence-electron chi connectivity index (χ4n) is 1.18.